The number of nitrogens with zero attached hydrogens (tertiary/aromatic N) is 1. The Morgan fingerprint density at radius 3 is 1.15 bits per heavy atom. The van der Waals surface area contributed by atoms with Gasteiger partial charge >= 0.3 is 0 Å². The van der Waals surface area contributed by atoms with Crippen LogP contribution in [0.1, 0.15) is 49.9 Å². The molecule has 0 N–H and O–H groups in total. The van der Waals surface area contributed by atoms with Crippen LogP contribution in [0.3, 0.4) is 0 Å². The van der Waals surface area contributed by atoms with Crippen molar-refractivity contribution < 1.29 is 0 Å². The summed E-state index contributed by atoms with van der Waals surface area (Å²) in [6, 6.07) is 78.2. The molecule has 0 fully saturated rings. The molecular weight excluding hydrogens is 735 g/mol. The van der Waals surface area contributed by atoms with Crippen LogP contribution in [0.2, 0.25) is 0 Å². The summed E-state index contributed by atoms with van der Waals surface area (Å²) in [7, 11) is 0. The first-order chi connectivity index (χ1) is 29.8. The first kappa shape index (κ1) is 36.8. The van der Waals surface area contributed by atoms with Crippen molar-refractivity contribution in [3.8, 4) is 66.8 Å². The second-order valence-electron chi connectivity index (χ2n) is 17.8. The molecule has 1 heteroatoms. The third kappa shape index (κ3) is 6.07. The zero-order valence-electron chi connectivity index (χ0n) is 35.2. The van der Waals surface area contributed by atoms with E-state index in [9.17, 15) is 0 Å². The molecular formula is C60H47N. The molecule has 0 saturated carbocycles. The van der Waals surface area contributed by atoms with E-state index < -0.39 is 0 Å². The monoisotopic (exact) mass is 781 g/mol. The number of hydrogen-bond acceptors (Lipinski definition) is 1. The minimum absolute atomic E-state index is 0.0703. The van der Waals surface area contributed by atoms with Crippen molar-refractivity contribution in [1.29, 1.82) is 0 Å². The highest BCUT2D eigenvalue weighted by molar-refractivity contribution is 5.95. The van der Waals surface area contributed by atoms with Gasteiger partial charge in [0.1, 0.15) is 0 Å². The lowest BCUT2D eigenvalue weighted by atomic mass is 9.77. The van der Waals surface area contributed by atoms with E-state index in [-0.39, 0.29) is 10.8 Å². The van der Waals surface area contributed by atoms with Gasteiger partial charge in [0, 0.05) is 27.9 Å². The molecule has 0 spiro atoms. The average molecular weight is 782 g/mol. The van der Waals surface area contributed by atoms with Crippen LogP contribution in [0.5, 0.6) is 0 Å². The molecule has 9 aromatic rings. The summed E-state index contributed by atoms with van der Waals surface area (Å²) < 4.78 is 0. The third-order valence-electron chi connectivity index (χ3n) is 13.5. The van der Waals surface area contributed by atoms with Gasteiger partial charge in [0.05, 0.1) is 0 Å². The van der Waals surface area contributed by atoms with E-state index in [2.05, 4.69) is 245 Å². The van der Waals surface area contributed by atoms with Gasteiger partial charge in [0.2, 0.25) is 0 Å². The van der Waals surface area contributed by atoms with Crippen LogP contribution in [0, 0.1) is 0 Å². The van der Waals surface area contributed by atoms with Crippen molar-refractivity contribution in [2.75, 3.05) is 4.90 Å². The van der Waals surface area contributed by atoms with Crippen LogP contribution in [-0.2, 0) is 10.8 Å². The van der Waals surface area contributed by atoms with Crippen LogP contribution in [0.25, 0.3) is 66.8 Å². The predicted octanol–water partition coefficient (Wildman–Crippen LogP) is 16.4. The van der Waals surface area contributed by atoms with Crippen LogP contribution >= 0.6 is 0 Å². The lowest BCUT2D eigenvalue weighted by molar-refractivity contribution is 0.653. The van der Waals surface area contributed by atoms with Crippen molar-refractivity contribution in [2.24, 2.45) is 0 Å². The molecule has 0 atom stereocenters. The Kier molecular flexibility index (Phi) is 8.58. The van der Waals surface area contributed by atoms with Gasteiger partial charge in [-0.15, -0.1) is 0 Å². The van der Waals surface area contributed by atoms with E-state index in [0.717, 1.165) is 17.1 Å². The van der Waals surface area contributed by atoms with Crippen molar-refractivity contribution in [3.05, 3.63) is 235 Å². The molecule has 11 rings (SSSR count). The van der Waals surface area contributed by atoms with Crippen molar-refractivity contribution in [3.63, 3.8) is 0 Å². The van der Waals surface area contributed by atoms with Gasteiger partial charge in [-0.2, -0.15) is 0 Å². The van der Waals surface area contributed by atoms with E-state index in [4.69, 9.17) is 0 Å². The number of hydrogen-bond donors (Lipinski definition) is 0. The Balaban J connectivity index is 1.03. The minimum Gasteiger partial charge on any atom is -0.311 e. The maximum atomic E-state index is 2.53. The Hall–Kier alpha value is -7.22. The standard InChI is InChI=1S/C60H47N/c1-59(2)55-23-15-14-22-50(55)52-38-57-53(39-56(52)59)54-37-46(36-51(58(54)60(57,3)4)45-20-12-7-13-21-45)44-28-34-49(35-29-44)61(47-30-24-42(25-31-47)40-16-8-5-9-17-40)48-32-26-43(27-33-48)41-18-10-6-11-19-41/h5-39H,1-4H3. The summed E-state index contributed by atoms with van der Waals surface area (Å²) in [5.41, 5.74) is 24.0. The summed E-state index contributed by atoms with van der Waals surface area (Å²) >= 11 is 0. The highest BCUT2D eigenvalue weighted by Crippen LogP contribution is 2.58. The second kappa shape index (κ2) is 14.2. The maximum absolute atomic E-state index is 2.53. The van der Waals surface area contributed by atoms with E-state index in [1.807, 2.05) is 0 Å². The molecule has 0 amide bonds. The van der Waals surface area contributed by atoms with Gasteiger partial charge in [-0.1, -0.05) is 179 Å². The second-order valence-corrected chi connectivity index (χ2v) is 17.8. The predicted molar refractivity (Wildman–Crippen MR) is 258 cm³/mol. The van der Waals surface area contributed by atoms with Gasteiger partial charge in [-0.25, -0.2) is 0 Å². The Bertz CT molecular complexity index is 2980. The highest BCUT2D eigenvalue weighted by atomic mass is 15.1. The van der Waals surface area contributed by atoms with Crippen LogP contribution < -0.4 is 4.90 Å². The topological polar surface area (TPSA) is 3.24 Å². The maximum Gasteiger partial charge on any atom is 0.0462 e. The van der Waals surface area contributed by atoms with Crippen LogP contribution in [0.4, 0.5) is 17.1 Å². The average Bonchev–Trinajstić information content (AvgIpc) is 3.68. The molecule has 292 valence electrons. The largest absolute Gasteiger partial charge is 0.311 e. The molecule has 0 heterocycles. The fraction of sp³-hybridized carbons (Fsp3) is 0.100. The van der Waals surface area contributed by atoms with Gasteiger partial charge in [0.15, 0.2) is 0 Å². The molecule has 0 radical (unpaired) electrons. The summed E-state index contributed by atoms with van der Waals surface area (Å²) in [6.45, 7) is 9.61. The van der Waals surface area contributed by atoms with E-state index in [0.29, 0.717) is 0 Å². The van der Waals surface area contributed by atoms with Gasteiger partial charge < -0.3 is 4.90 Å². The van der Waals surface area contributed by atoms with Gasteiger partial charge in [-0.3, -0.25) is 0 Å². The zero-order chi connectivity index (χ0) is 41.3. The van der Waals surface area contributed by atoms with E-state index >= 15 is 0 Å². The summed E-state index contributed by atoms with van der Waals surface area (Å²) in [6.07, 6.45) is 0. The lowest BCUT2D eigenvalue weighted by Gasteiger charge is -2.27. The molecule has 0 unspecified atom stereocenters. The Morgan fingerprint density at radius 2 is 0.639 bits per heavy atom. The molecule has 61 heavy (non-hydrogen) atoms. The molecule has 0 bridgehead atoms. The molecule has 0 aromatic heterocycles. The Morgan fingerprint density at radius 1 is 0.262 bits per heavy atom. The number of anilines is 3. The first-order valence-corrected chi connectivity index (χ1v) is 21.5. The molecule has 1 nitrogen and oxygen atoms in total. The molecule has 2 aliphatic carbocycles. The first-order valence-electron chi connectivity index (χ1n) is 21.5. The summed E-state index contributed by atoms with van der Waals surface area (Å²) in [5.74, 6) is 0. The Labute approximate surface area is 360 Å². The quantitative estimate of drug-likeness (QED) is 0.156. The van der Waals surface area contributed by atoms with Crippen molar-refractivity contribution >= 4 is 17.1 Å². The van der Waals surface area contributed by atoms with Gasteiger partial charge in [0.25, 0.3) is 0 Å². The fourth-order valence-corrected chi connectivity index (χ4v) is 10.3. The molecule has 0 saturated heterocycles. The van der Waals surface area contributed by atoms with Gasteiger partial charge in [-0.05, 0) is 150 Å². The minimum atomic E-state index is -0.179. The SMILES string of the molecule is CC1(C)c2ccccc2-c2cc3c(cc21)-c1cc(-c2ccc(N(c4ccc(-c5ccccc5)cc4)c4ccc(-c5ccccc5)cc4)cc2)cc(-c2ccccc2)c1C3(C)C. The van der Waals surface area contributed by atoms with Crippen molar-refractivity contribution in [1.82, 2.24) is 0 Å². The smallest absolute Gasteiger partial charge is 0.0462 e. The molecule has 2 aliphatic rings. The highest BCUT2D eigenvalue weighted by Gasteiger charge is 2.43. The number of fused-ring (bicyclic) bond motifs is 6. The normalized spacial score (nSPS) is 13.8. The van der Waals surface area contributed by atoms with Crippen LogP contribution in [0.15, 0.2) is 212 Å². The molecule has 9 aromatic carbocycles. The molecule has 0 aliphatic heterocycles. The number of benzene rings is 9. The fourth-order valence-electron chi connectivity index (χ4n) is 10.3. The van der Waals surface area contributed by atoms with Crippen molar-refractivity contribution in [2.45, 2.75) is 38.5 Å². The third-order valence-corrected chi connectivity index (χ3v) is 13.5. The summed E-state index contributed by atoms with van der Waals surface area (Å²) in [4.78, 5) is 2.37. The van der Waals surface area contributed by atoms with E-state index in [1.165, 1.54) is 89.0 Å². The lowest BCUT2D eigenvalue weighted by Crippen LogP contribution is -2.17. The van der Waals surface area contributed by atoms with E-state index in [1.54, 1.807) is 0 Å². The number of rotatable bonds is 7. The van der Waals surface area contributed by atoms with Crippen LogP contribution in [-0.4, -0.2) is 0 Å². The zero-order valence-corrected chi connectivity index (χ0v) is 35.2. The summed E-state index contributed by atoms with van der Waals surface area (Å²) in [5, 5.41) is 0.